The molecule has 3 N–H and O–H groups in total. The van der Waals surface area contributed by atoms with Crippen LogP contribution in [-0.2, 0) is 15.7 Å². The largest absolute Gasteiger partial charge is 0.480 e. The van der Waals surface area contributed by atoms with Gasteiger partial charge < -0.3 is 30.2 Å². The summed E-state index contributed by atoms with van der Waals surface area (Å²) in [6.45, 7) is 5.66. The molecule has 2 amide bonds. The second kappa shape index (κ2) is 10.8. The fourth-order valence-corrected chi connectivity index (χ4v) is 4.59. The average Bonchev–Trinajstić information content (AvgIpc) is 3.45. The lowest BCUT2D eigenvalue weighted by molar-refractivity contribution is -0.136. The maximum absolute atomic E-state index is 13.8. The number of hydrogen-bond acceptors (Lipinski definition) is 9. The molecule has 0 unspecified atom stereocenters. The van der Waals surface area contributed by atoms with Crippen molar-refractivity contribution in [3.05, 3.63) is 35.8 Å². The van der Waals surface area contributed by atoms with Gasteiger partial charge in [-0.3, -0.25) is 4.79 Å². The number of anilines is 1. The van der Waals surface area contributed by atoms with Crippen molar-refractivity contribution in [3.8, 4) is 17.1 Å². The van der Waals surface area contributed by atoms with Crippen LogP contribution in [0.15, 0.2) is 24.7 Å². The van der Waals surface area contributed by atoms with Crippen molar-refractivity contribution in [1.29, 1.82) is 0 Å². The summed E-state index contributed by atoms with van der Waals surface area (Å²) >= 11 is 0. The first-order valence-corrected chi connectivity index (χ1v) is 12.3. The number of carbonyl (C=O) groups is 2. The molecule has 1 fully saturated rings. The predicted molar refractivity (Wildman–Crippen MR) is 137 cm³/mol. The lowest BCUT2D eigenvalue weighted by Crippen LogP contribution is -2.43. The highest BCUT2D eigenvalue weighted by molar-refractivity contribution is 5.98. The number of nitrogen functional groups attached to an aromatic ring is 1. The molecule has 1 saturated heterocycles. The van der Waals surface area contributed by atoms with Crippen LogP contribution in [0, 0.1) is 0 Å². The van der Waals surface area contributed by atoms with Crippen molar-refractivity contribution in [1.82, 2.24) is 29.8 Å². The van der Waals surface area contributed by atoms with Crippen LogP contribution in [0.2, 0.25) is 0 Å². The van der Waals surface area contributed by atoms with Gasteiger partial charge in [-0.1, -0.05) is 0 Å². The standard InChI is InChI=1S/C25H30F3N7O5/c1-24(2,3)40-23(37)34-10-14(7-15(34)11-38-4)33-21(36)16-6-13(9-30-22(16)39-5)18-8-17(25(26,27)28)19-20(29)31-12-32-35(18)19/h6,8-9,12,14-15H,7,10-11H2,1-5H3,(H,33,36)(H2,29,31,32)/t14-,15-/m0/s1. The Balaban J connectivity index is 1.64. The van der Waals surface area contributed by atoms with Gasteiger partial charge in [-0.2, -0.15) is 18.3 Å². The van der Waals surface area contributed by atoms with E-state index in [1.54, 1.807) is 20.8 Å². The summed E-state index contributed by atoms with van der Waals surface area (Å²) in [5.74, 6) is -0.985. The SMILES string of the molecule is COC[C@@H]1C[C@H](NC(=O)c2cc(-c3cc(C(F)(F)F)c4c(N)ncnn34)cnc2OC)CN1C(=O)OC(C)(C)C. The highest BCUT2D eigenvalue weighted by Crippen LogP contribution is 2.39. The first-order chi connectivity index (χ1) is 18.7. The van der Waals surface area contributed by atoms with E-state index in [4.69, 9.17) is 19.9 Å². The zero-order chi connectivity index (χ0) is 29.4. The Hall–Kier alpha value is -4.14. The molecule has 1 aliphatic rings. The summed E-state index contributed by atoms with van der Waals surface area (Å²) in [5.41, 5.74) is 3.73. The highest BCUT2D eigenvalue weighted by Gasteiger charge is 2.39. The number of nitrogens with zero attached hydrogens (tertiary/aromatic N) is 5. The van der Waals surface area contributed by atoms with Gasteiger partial charge in [0.05, 0.1) is 31.0 Å². The third kappa shape index (κ3) is 5.88. The van der Waals surface area contributed by atoms with Gasteiger partial charge in [-0.05, 0) is 39.3 Å². The number of fused-ring (bicyclic) bond motifs is 1. The van der Waals surface area contributed by atoms with E-state index < -0.39 is 40.9 Å². The summed E-state index contributed by atoms with van der Waals surface area (Å²) in [4.78, 5) is 35.5. The number of nitrogens with one attached hydrogen (secondary N) is 1. The van der Waals surface area contributed by atoms with Crippen LogP contribution in [0.25, 0.3) is 16.8 Å². The third-order valence-corrected chi connectivity index (χ3v) is 6.21. The topological polar surface area (TPSA) is 146 Å². The van der Waals surface area contributed by atoms with Crippen LogP contribution in [0.5, 0.6) is 5.88 Å². The summed E-state index contributed by atoms with van der Waals surface area (Å²) in [6.07, 6.45) is -2.57. The quantitative estimate of drug-likeness (QED) is 0.460. The van der Waals surface area contributed by atoms with Gasteiger partial charge in [0.25, 0.3) is 5.91 Å². The highest BCUT2D eigenvalue weighted by atomic mass is 19.4. The maximum Gasteiger partial charge on any atom is 0.418 e. The molecule has 3 aromatic heterocycles. The predicted octanol–water partition coefficient (Wildman–Crippen LogP) is 3.16. The van der Waals surface area contributed by atoms with Crippen molar-refractivity contribution in [2.24, 2.45) is 0 Å². The minimum absolute atomic E-state index is 0.00208. The lowest BCUT2D eigenvalue weighted by Gasteiger charge is -2.28. The van der Waals surface area contributed by atoms with Crippen molar-refractivity contribution in [2.45, 2.75) is 51.1 Å². The number of hydrogen-bond donors (Lipinski definition) is 2. The molecule has 0 saturated carbocycles. The molecule has 0 aliphatic carbocycles. The van der Waals surface area contributed by atoms with Crippen molar-refractivity contribution in [3.63, 3.8) is 0 Å². The molecule has 15 heteroatoms. The van der Waals surface area contributed by atoms with Gasteiger partial charge in [-0.25, -0.2) is 19.3 Å². The van der Waals surface area contributed by atoms with Gasteiger partial charge in [0.15, 0.2) is 5.82 Å². The first-order valence-electron chi connectivity index (χ1n) is 12.3. The maximum atomic E-state index is 13.8. The number of likely N-dealkylation sites (tertiary alicyclic amines) is 1. The molecule has 12 nitrogen and oxygen atoms in total. The molecule has 4 heterocycles. The monoisotopic (exact) mass is 565 g/mol. The van der Waals surface area contributed by atoms with Crippen LogP contribution in [0.3, 0.4) is 0 Å². The van der Waals surface area contributed by atoms with Gasteiger partial charge in [-0.15, -0.1) is 0 Å². The average molecular weight is 566 g/mol. The third-order valence-electron chi connectivity index (χ3n) is 6.21. The van der Waals surface area contributed by atoms with Gasteiger partial charge >= 0.3 is 12.3 Å². The molecule has 0 aromatic carbocycles. The smallest absolute Gasteiger partial charge is 0.418 e. The van der Waals surface area contributed by atoms with E-state index in [2.05, 4.69) is 20.4 Å². The van der Waals surface area contributed by atoms with Crippen LogP contribution < -0.4 is 15.8 Å². The van der Waals surface area contributed by atoms with Crippen molar-refractivity contribution >= 4 is 23.3 Å². The second-order valence-electron chi connectivity index (χ2n) is 10.3. The molecule has 0 bridgehead atoms. The van der Waals surface area contributed by atoms with E-state index in [0.29, 0.717) is 6.42 Å². The molecule has 1 aliphatic heterocycles. The summed E-state index contributed by atoms with van der Waals surface area (Å²) < 4.78 is 58.3. The summed E-state index contributed by atoms with van der Waals surface area (Å²) in [6, 6.07) is 1.42. The number of methoxy groups -OCH3 is 2. The number of aromatic nitrogens is 4. The second-order valence-corrected chi connectivity index (χ2v) is 10.3. The number of halogens is 3. The van der Waals surface area contributed by atoms with Crippen LogP contribution in [0.4, 0.5) is 23.8 Å². The van der Waals surface area contributed by atoms with Crippen molar-refractivity contribution in [2.75, 3.05) is 33.1 Å². The zero-order valence-electron chi connectivity index (χ0n) is 22.6. The van der Waals surface area contributed by atoms with Crippen LogP contribution >= 0.6 is 0 Å². The molecule has 4 rings (SSSR count). The Labute approximate surface area is 227 Å². The van der Waals surface area contributed by atoms with Crippen LogP contribution in [-0.4, -0.2) is 81.5 Å². The molecule has 3 aromatic rings. The van der Waals surface area contributed by atoms with Gasteiger partial charge in [0.2, 0.25) is 5.88 Å². The minimum Gasteiger partial charge on any atom is -0.480 e. The Morgan fingerprint density at radius 1 is 1.18 bits per heavy atom. The van der Waals surface area contributed by atoms with E-state index in [-0.39, 0.29) is 47.7 Å². The molecule has 2 atom stereocenters. The van der Waals surface area contributed by atoms with Crippen LogP contribution in [0.1, 0.15) is 43.1 Å². The molecular weight excluding hydrogens is 535 g/mol. The van der Waals surface area contributed by atoms with E-state index >= 15 is 0 Å². The molecule has 216 valence electrons. The van der Waals surface area contributed by atoms with E-state index in [1.165, 1.54) is 31.4 Å². The Kier molecular flexibility index (Phi) is 7.78. The Bertz CT molecular complexity index is 1420. The molecule has 0 radical (unpaired) electrons. The van der Waals surface area contributed by atoms with Gasteiger partial charge in [0.1, 0.15) is 23.0 Å². The van der Waals surface area contributed by atoms with E-state index in [9.17, 15) is 22.8 Å². The lowest BCUT2D eigenvalue weighted by atomic mass is 10.1. The number of nitrogens with two attached hydrogens (primary N) is 1. The normalized spacial score (nSPS) is 17.8. The fourth-order valence-electron chi connectivity index (χ4n) is 4.59. The minimum atomic E-state index is -4.73. The Morgan fingerprint density at radius 3 is 2.52 bits per heavy atom. The number of carbonyl (C=O) groups excluding carboxylic acids is 2. The number of ether oxygens (including phenoxy) is 3. The number of rotatable bonds is 6. The molecular formula is C25H30F3N7O5. The zero-order valence-corrected chi connectivity index (χ0v) is 22.6. The summed E-state index contributed by atoms with van der Waals surface area (Å²) in [5, 5.41) is 6.80. The Morgan fingerprint density at radius 2 is 1.90 bits per heavy atom. The fraction of sp³-hybridized carbons (Fsp3) is 0.480. The summed E-state index contributed by atoms with van der Waals surface area (Å²) in [7, 11) is 2.82. The number of amides is 2. The first kappa shape index (κ1) is 28.9. The van der Waals surface area contributed by atoms with E-state index in [0.717, 1.165) is 16.9 Å². The number of alkyl halides is 3. The molecule has 40 heavy (non-hydrogen) atoms. The number of pyridine rings is 1. The molecule has 0 spiro atoms. The van der Waals surface area contributed by atoms with E-state index in [1.807, 2.05) is 0 Å². The van der Waals surface area contributed by atoms with Crippen molar-refractivity contribution < 1.29 is 37.0 Å². The van der Waals surface area contributed by atoms with Gasteiger partial charge in [0, 0.05) is 31.5 Å².